The van der Waals surface area contributed by atoms with Crippen LogP contribution < -0.4 is 0 Å². The van der Waals surface area contributed by atoms with Crippen molar-refractivity contribution in [2.75, 3.05) is 0 Å². The van der Waals surface area contributed by atoms with Crippen LogP contribution in [0.15, 0.2) is 180 Å². The molecule has 0 saturated carbocycles. The van der Waals surface area contributed by atoms with Crippen LogP contribution in [0.5, 0.6) is 0 Å². The minimum Gasteiger partial charge on any atom is -0.460 e. The van der Waals surface area contributed by atoms with Crippen LogP contribution in [-0.2, 0) is 20.7 Å². The standard InChI is InChI=1S/2C22H16F3NO/c2*23-22(24,25)15-21(17-11-5-2-6-12-17)18-13-7-8-14-19(18)26-20(27-21)16-9-3-1-4-10-16/h2*1-14H,15H2/t2*21-/m10/s1. The molecule has 0 bridgehead atoms. The quantitative estimate of drug-likeness (QED) is 0.160. The summed E-state index contributed by atoms with van der Waals surface area (Å²) >= 11 is 0. The average Bonchev–Trinajstić information content (AvgIpc) is 3.18. The molecule has 0 aliphatic carbocycles. The minimum absolute atomic E-state index is 0.183. The van der Waals surface area contributed by atoms with E-state index in [1.807, 2.05) is 12.1 Å². The zero-order valence-electron chi connectivity index (χ0n) is 28.6. The van der Waals surface area contributed by atoms with Crippen LogP contribution in [0.4, 0.5) is 37.7 Å². The molecule has 272 valence electrons. The van der Waals surface area contributed by atoms with E-state index in [0.717, 1.165) is 0 Å². The van der Waals surface area contributed by atoms with Gasteiger partial charge in [0.2, 0.25) is 11.8 Å². The van der Waals surface area contributed by atoms with Gasteiger partial charge in [0.1, 0.15) is 0 Å². The third-order valence-corrected chi connectivity index (χ3v) is 9.08. The monoisotopic (exact) mass is 734 g/mol. The van der Waals surface area contributed by atoms with Crippen LogP contribution in [0, 0.1) is 0 Å². The molecule has 2 aliphatic heterocycles. The van der Waals surface area contributed by atoms with Gasteiger partial charge in [-0.1, -0.05) is 133 Å². The van der Waals surface area contributed by atoms with Crippen molar-refractivity contribution in [3.63, 3.8) is 0 Å². The molecule has 0 unspecified atom stereocenters. The first-order chi connectivity index (χ1) is 26.0. The Morgan fingerprint density at radius 2 is 0.685 bits per heavy atom. The fraction of sp³-hybridized carbons (Fsp3) is 0.136. The molecule has 6 aromatic carbocycles. The highest BCUT2D eigenvalue weighted by Gasteiger charge is 2.51. The van der Waals surface area contributed by atoms with Crippen molar-refractivity contribution in [2.24, 2.45) is 9.98 Å². The Labute approximate surface area is 308 Å². The van der Waals surface area contributed by atoms with Crippen LogP contribution in [0.1, 0.15) is 46.2 Å². The predicted molar refractivity (Wildman–Crippen MR) is 196 cm³/mol. The number of para-hydroxylation sites is 2. The normalized spacial score (nSPS) is 19.0. The highest BCUT2D eigenvalue weighted by Crippen LogP contribution is 2.50. The number of benzene rings is 6. The van der Waals surface area contributed by atoms with E-state index in [1.54, 1.807) is 158 Å². The first kappa shape index (κ1) is 36.2. The molecule has 6 aromatic rings. The number of ether oxygens (including phenoxy) is 2. The summed E-state index contributed by atoms with van der Waals surface area (Å²) < 4.78 is 94.2. The van der Waals surface area contributed by atoms with E-state index in [9.17, 15) is 26.3 Å². The second-order valence-corrected chi connectivity index (χ2v) is 12.8. The molecule has 0 radical (unpaired) electrons. The second-order valence-electron chi connectivity index (χ2n) is 12.8. The van der Waals surface area contributed by atoms with Gasteiger partial charge in [0.15, 0.2) is 11.2 Å². The van der Waals surface area contributed by atoms with Gasteiger partial charge in [0, 0.05) is 33.4 Å². The molecule has 54 heavy (non-hydrogen) atoms. The van der Waals surface area contributed by atoms with Crippen LogP contribution in [-0.4, -0.2) is 24.1 Å². The van der Waals surface area contributed by atoms with Gasteiger partial charge in [-0.3, -0.25) is 0 Å². The lowest BCUT2D eigenvalue weighted by atomic mass is 9.81. The maximum atomic E-state index is 13.7. The molecule has 2 aliphatic rings. The minimum atomic E-state index is -4.43. The molecule has 10 heteroatoms. The third kappa shape index (κ3) is 7.64. The van der Waals surface area contributed by atoms with E-state index >= 15 is 0 Å². The molecule has 0 saturated heterocycles. The number of nitrogens with zero attached hydrogens (tertiary/aromatic N) is 2. The van der Waals surface area contributed by atoms with Crippen LogP contribution in [0.2, 0.25) is 0 Å². The molecule has 2 heterocycles. The Morgan fingerprint density at radius 3 is 1.02 bits per heavy atom. The molecular weight excluding hydrogens is 702 g/mol. The van der Waals surface area contributed by atoms with Crippen LogP contribution in [0.3, 0.4) is 0 Å². The van der Waals surface area contributed by atoms with Crippen molar-refractivity contribution in [3.8, 4) is 0 Å². The second kappa shape index (κ2) is 14.7. The summed E-state index contributed by atoms with van der Waals surface area (Å²) in [5.74, 6) is 0.366. The van der Waals surface area contributed by atoms with Gasteiger partial charge in [-0.25, -0.2) is 9.98 Å². The number of fused-ring (bicyclic) bond motifs is 2. The fourth-order valence-electron chi connectivity index (χ4n) is 6.81. The largest absolute Gasteiger partial charge is 0.460 e. The lowest BCUT2D eigenvalue weighted by molar-refractivity contribution is -0.168. The van der Waals surface area contributed by atoms with Gasteiger partial charge in [0.05, 0.1) is 24.2 Å². The number of alkyl halides is 6. The van der Waals surface area contributed by atoms with Crippen molar-refractivity contribution < 1.29 is 35.8 Å². The summed E-state index contributed by atoms with van der Waals surface area (Å²) in [6.07, 6.45) is -11.1. The molecule has 0 fully saturated rings. The summed E-state index contributed by atoms with van der Waals surface area (Å²) in [4.78, 5) is 8.99. The smallest absolute Gasteiger partial charge is 0.393 e. The number of hydrogen-bond acceptors (Lipinski definition) is 4. The van der Waals surface area contributed by atoms with Crippen molar-refractivity contribution in [1.82, 2.24) is 0 Å². The summed E-state index contributed by atoms with van der Waals surface area (Å²) in [5.41, 5.74) is 0.555. The van der Waals surface area contributed by atoms with Gasteiger partial charge in [0.25, 0.3) is 0 Å². The van der Waals surface area contributed by atoms with Gasteiger partial charge < -0.3 is 9.47 Å². The van der Waals surface area contributed by atoms with Crippen molar-refractivity contribution in [2.45, 2.75) is 36.4 Å². The molecule has 0 N–H and O–H groups in total. The summed E-state index contributed by atoms with van der Waals surface area (Å²) in [6.45, 7) is 0. The zero-order valence-corrected chi connectivity index (χ0v) is 28.6. The van der Waals surface area contributed by atoms with E-state index in [4.69, 9.17) is 9.47 Å². The number of halogens is 6. The van der Waals surface area contributed by atoms with E-state index in [0.29, 0.717) is 44.8 Å². The molecule has 8 rings (SSSR count). The summed E-state index contributed by atoms with van der Waals surface area (Å²) in [5, 5.41) is 0. The maximum Gasteiger partial charge on any atom is 0.393 e. The molecule has 0 spiro atoms. The first-order valence-electron chi connectivity index (χ1n) is 17.1. The van der Waals surface area contributed by atoms with E-state index in [-0.39, 0.29) is 11.8 Å². The molecule has 2 atom stereocenters. The molecular formula is C44H32F6N2O2. The summed E-state index contributed by atoms with van der Waals surface area (Å²) in [6, 6.07) is 48.7. The van der Waals surface area contributed by atoms with Gasteiger partial charge in [-0.15, -0.1) is 0 Å². The van der Waals surface area contributed by atoms with Gasteiger partial charge in [-0.2, -0.15) is 26.3 Å². The molecule has 4 nitrogen and oxygen atoms in total. The fourth-order valence-corrected chi connectivity index (χ4v) is 6.81. The van der Waals surface area contributed by atoms with Gasteiger partial charge >= 0.3 is 12.4 Å². The number of hydrogen-bond donors (Lipinski definition) is 0. The Hall–Kier alpha value is -6.16. The van der Waals surface area contributed by atoms with Crippen molar-refractivity contribution >= 4 is 23.2 Å². The number of aliphatic imine (C=N–C) groups is 2. The summed E-state index contributed by atoms with van der Waals surface area (Å²) in [7, 11) is 0. The highest BCUT2D eigenvalue weighted by atomic mass is 19.4. The first-order valence-corrected chi connectivity index (χ1v) is 17.1. The third-order valence-electron chi connectivity index (χ3n) is 9.08. The predicted octanol–water partition coefficient (Wildman–Crippen LogP) is 12.0. The lowest BCUT2D eigenvalue weighted by Gasteiger charge is -2.39. The van der Waals surface area contributed by atoms with E-state index in [1.165, 1.54) is 0 Å². The van der Waals surface area contributed by atoms with Crippen molar-refractivity contribution in [1.29, 1.82) is 0 Å². The molecule has 0 amide bonds. The SMILES string of the molecule is FC(F)(F)C[C@@]1(c2ccccc2)OC(c2ccccc2)=Nc2ccccc21.FC(F)(F)C[C@]1(c2ccccc2)OC(c2ccccc2)=Nc2ccccc21. The number of rotatable bonds is 6. The maximum absolute atomic E-state index is 13.7. The zero-order chi connectivity index (χ0) is 37.8. The topological polar surface area (TPSA) is 43.2 Å². The van der Waals surface area contributed by atoms with Gasteiger partial charge in [-0.05, 0) is 36.4 Å². The highest BCUT2D eigenvalue weighted by molar-refractivity contribution is 5.98. The van der Waals surface area contributed by atoms with Crippen LogP contribution >= 0.6 is 0 Å². The Morgan fingerprint density at radius 1 is 0.389 bits per heavy atom. The lowest BCUT2D eigenvalue weighted by Crippen LogP contribution is -2.40. The van der Waals surface area contributed by atoms with Crippen molar-refractivity contribution in [3.05, 3.63) is 203 Å². The Bertz CT molecular complexity index is 2100. The average molecular weight is 735 g/mol. The Balaban J connectivity index is 0.000000167. The van der Waals surface area contributed by atoms with E-state index < -0.39 is 36.4 Å². The van der Waals surface area contributed by atoms with E-state index in [2.05, 4.69) is 9.98 Å². The molecule has 0 aromatic heterocycles. The Kier molecular flexibility index (Phi) is 9.85. The van der Waals surface area contributed by atoms with Crippen LogP contribution in [0.25, 0.3) is 0 Å².